The lowest BCUT2D eigenvalue weighted by Gasteiger charge is -2.12. The van der Waals surface area contributed by atoms with Crippen LogP contribution in [0.1, 0.15) is 0 Å². The zero-order chi connectivity index (χ0) is 19.6. The zero-order valence-corrected chi connectivity index (χ0v) is 16.1. The summed E-state index contributed by atoms with van der Waals surface area (Å²) in [6.07, 6.45) is 1.40. The molecule has 0 aliphatic carbocycles. The first kappa shape index (κ1) is 19.1. The number of aromatic nitrogens is 1. The summed E-state index contributed by atoms with van der Waals surface area (Å²) in [4.78, 5) is 17.7. The molecule has 6 nitrogen and oxygen atoms in total. The molecule has 0 bridgehead atoms. The number of amides is 1. The van der Waals surface area contributed by atoms with Gasteiger partial charge in [0, 0.05) is 36.3 Å². The van der Waals surface area contributed by atoms with Crippen molar-refractivity contribution in [2.24, 2.45) is 0 Å². The fourth-order valence-electron chi connectivity index (χ4n) is 2.37. The summed E-state index contributed by atoms with van der Waals surface area (Å²) in [5.74, 6) is -0.592. The number of nitrogens with zero attached hydrogens (tertiary/aromatic N) is 2. The Hall–Kier alpha value is -2.65. The fourth-order valence-corrected chi connectivity index (χ4v) is 4.34. The molecule has 3 rings (SSSR count). The monoisotopic (exact) mass is 405 g/mol. The van der Waals surface area contributed by atoms with Crippen molar-refractivity contribution in [2.75, 3.05) is 18.8 Å². The van der Waals surface area contributed by atoms with E-state index in [0.29, 0.717) is 10.6 Å². The average Bonchev–Trinajstić information content (AvgIpc) is 2.62. The molecule has 0 aliphatic heterocycles. The van der Waals surface area contributed by atoms with Crippen molar-refractivity contribution in [1.82, 2.24) is 9.88 Å². The molecular formula is C18H16FN3O3S2. The Balaban J connectivity index is 1.94. The van der Waals surface area contributed by atoms with Crippen LogP contribution in [0.25, 0.3) is 10.9 Å². The van der Waals surface area contributed by atoms with Crippen molar-refractivity contribution in [3.8, 4) is 0 Å². The lowest BCUT2D eigenvalue weighted by atomic mass is 10.2. The van der Waals surface area contributed by atoms with Crippen LogP contribution in [-0.4, -0.2) is 37.6 Å². The minimum absolute atomic E-state index is 0.0127. The van der Waals surface area contributed by atoms with Crippen LogP contribution in [0.2, 0.25) is 0 Å². The second-order valence-electron chi connectivity index (χ2n) is 5.84. The van der Waals surface area contributed by atoms with E-state index >= 15 is 0 Å². The van der Waals surface area contributed by atoms with Gasteiger partial charge in [0.05, 0.1) is 4.90 Å². The quantitative estimate of drug-likeness (QED) is 0.665. The predicted octanol–water partition coefficient (Wildman–Crippen LogP) is 3.95. The largest absolute Gasteiger partial charge is 0.339 e. The number of carbonyl (C=O) groups is 1. The third-order valence-corrected chi connectivity index (χ3v) is 6.10. The maximum absolute atomic E-state index is 13.9. The van der Waals surface area contributed by atoms with Crippen LogP contribution in [0.4, 0.5) is 14.9 Å². The van der Waals surface area contributed by atoms with Gasteiger partial charge in [-0.05, 0) is 54.2 Å². The normalized spacial score (nSPS) is 11.4. The van der Waals surface area contributed by atoms with E-state index in [1.807, 2.05) is 0 Å². The van der Waals surface area contributed by atoms with E-state index < -0.39 is 15.8 Å². The van der Waals surface area contributed by atoms with Gasteiger partial charge in [0.15, 0.2) is 0 Å². The number of halogens is 1. The highest BCUT2D eigenvalue weighted by atomic mass is 32.2. The summed E-state index contributed by atoms with van der Waals surface area (Å²) in [6.45, 7) is 0. The van der Waals surface area contributed by atoms with Crippen LogP contribution in [0.3, 0.4) is 0 Å². The SMILES string of the molecule is CN(C)C(=O)Sc1cccc(NS(=O)(=O)c2ccc(F)c3ncccc23)c1. The van der Waals surface area contributed by atoms with Crippen LogP contribution in [-0.2, 0) is 10.0 Å². The van der Waals surface area contributed by atoms with Crippen LogP contribution in [0, 0.1) is 5.82 Å². The van der Waals surface area contributed by atoms with Crippen LogP contribution in [0.15, 0.2) is 64.5 Å². The van der Waals surface area contributed by atoms with Crippen molar-refractivity contribution >= 4 is 43.6 Å². The number of thioether (sulfide) groups is 1. The summed E-state index contributed by atoms with van der Waals surface area (Å²) in [7, 11) is -0.711. The molecule has 0 aliphatic rings. The molecule has 1 N–H and O–H groups in total. The molecular weight excluding hydrogens is 389 g/mol. The second kappa shape index (κ2) is 7.53. The number of rotatable bonds is 4. The van der Waals surface area contributed by atoms with Gasteiger partial charge in [-0.1, -0.05) is 6.07 Å². The Morgan fingerprint density at radius 1 is 1.15 bits per heavy atom. The van der Waals surface area contributed by atoms with Gasteiger partial charge in [-0.15, -0.1) is 0 Å². The first-order valence-electron chi connectivity index (χ1n) is 7.83. The highest BCUT2D eigenvalue weighted by Crippen LogP contribution is 2.28. The Morgan fingerprint density at radius 2 is 1.93 bits per heavy atom. The van der Waals surface area contributed by atoms with Crippen molar-refractivity contribution in [3.63, 3.8) is 0 Å². The number of fused-ring (bicyclic) bond motifs is 1. The molecule has 0 saturated carbocycles. The number of hydrogen-bond acceptors (Lipinski definition) is 5. The van der Waals surface area contributed by atoms with Crippen LogP contribution in [0.5, 0.6) is 0 Å². The summed E-state index contributed by atoms with van der Waals surface area (Å²) in [5.41, 5.74) is 0.286. The van der Waals surface area contributed by atoms with Gasteiger partial charge in [0.25, 0.3) is 15.3 Å². The van der Waals surface area contributed by atoms with Gasteiger partial charge >= 0.3 is 0 Å². The Morgan fingerprint density at radius 3 is 2.67 bits per heavy atom. The van der Waals surface area contributed by atoms with E-state index in [2.05, 4.69) is 9.71 Å². The highest BCUT2D eigenvalue weighted by Gasteiger charge is 2.20. The molecule has 1 amide bonds. The first-order chi connectivity index (χ1) is 12.8. The lowest BCUT2D eigenvalue weighted by molar-refractivity contribution is 0.241. The number of anilines is 1. The molecule has 0 atom stereocenters. The molecule has 0 spiro atoms. The number of pyridine rings is 1. The molecule has 0 saturated heterocycles. The summed E-state index contributed by atoms with van der Waals surface area (Å²) in [5, 5.41) is 0.0175. The Bertz CT molecular complexity index is 1120. The predicted molar refractivity (Wildman–Crippen MR) is 104 cm³/mol. The van der Waals surface area contributed by atoms with Gasteiger partial charge in [-0.3, -0.25) is 14.5 Å². The topological polar surface area (TPSA) is 79.4 Å². The first-order valence-corrected chi connectivity index (χ1v) is 10.1. The van der Waals surface area contributed by atoms with E-state index in [1.165, 1.54) is 23.2 Å². The van der Waals surface area contributed by atoms with Crippen molar-refractivity contribution in [3.05, 3.63) is 60.5 Å². The van der Waals surface area contributed by atoms with Gasteiger partial charge in [0.2, 0.25) is 0 Å². The van der Waals surface area contributed by atoms with E-state index in [0.717, 1.165) is 17.8 Å². The minimum Gasteiger partial charge on any atom is -0.339 e. The number of nitrogens with one attached hydrogen (secondary N) is 1. The maximum atomic E-state index is 13.9. The van der Waals surface area contributed by atoms with Crippen molar-refractivity contribution in [2.45, 2.75) is 9.79 Å². The Kier molecular flexibility index (Phi) is 5.33. The third kappa shape index (κ3) is 4.20. The molecule has 1 heterocycles. The van der Waals surface area contributed by atoms with Crippen LogP contribution < -0.4 is 4.72 Å². The molecule has 1 aromatic heterocycles. The molecule has 27 heavy (non-hydrogen) atoms. The summed E-state index contributed by atoms with van der Waals surface area (Å²) >= 11 is 0.985. The Labute approximate surface area is 160 Å². The van der Waals surface area contributed by atoms with Crippen LogP contribution >= 0.6 is 11.8 Å². The molecule has 3 aromatic rings. The van der Waals surface area contributed by atoms with Gasteiger partial charge in [-0.25, -0.2) is 12.8 Å². The number of benzene rings is 2. The standard InChI is InChI=1S/C18H16FN3O3S2/c1-22(2)18(23)26-13-6-3-5-12(11-13)21-27(24,25)16-9-8-15(19)17-14(16)7-4-10-20-17/h3-11,21H,1-2H3. The molecule has 0 radical (unpaired) electrons. The molecule has 2 aromatic carbocycles. The van der Waals surface area contributed by atoms with Crippen molar-refractivity contribution < 1.29 is 17.6 Å². The number of sulfonamides is 1. The van der Waals surface area contributed by atoms with Gasteiger partial charge in [-0.2, -0.15) is 0 Å². The molecule has 0 unspecified atom stereocenters. The second-order valence-corrected chi connectivity index (χ2v) is 8.52. The minimum atomic E-state index is -3.98. The summed E-state index contributed by atoms with van der Waals surface area (Å²) < 4.78 is 42.0. The lowest BCUT2D eigenvalue weighted by Crippen LogP contribution is -2.16. The van der Waals surface area contributed by atoms with E-state index in [4.69, 9.17) is 0 Å². The zero-order valence-electron chi connectivity index (χ0n) is 14.5. The third-order valence-electron chi connectivity index (χ3n) is 3.63. The van der Waals surface area contributed by atoms with Crippen molar-refractivity contribution in [1.29, 1.82) is 0 Å². The van der Waals surface area contributed by atoms with E-state index in [9.17, 15) is 17.6 Å². The smallest absolute Gasteiger partial charge is 0.285 e. The average molecular weight is 405 g/mol. The highest BCUT2D eigenvalue weighted by molar-refractivity contribution is 8.13. The summed E-state index contributed by atoms with van der Waals surface area (Å²) in [6, 6.07) is 11.8. The number of hydrogen-bond donors (Lipinski definition) is 1. The van der Waals surface area contributed by atoms with Gasteiger partial charge < -0.3 is 4.90 Å². The van der Waals surface area contributed by atoms with E-state index in [1.54, 1.807) is 44.4 Å². The number of carbonyl (C=O) groups excluding carboxylic acids is 1. The van der Waals surface area contributed by atoms with Gasteiger partial charge in [0.1, 0.15) is 11.3 Å². The van der Waals surface area contributed by atoms with E-state index in [-0.39, 0.29) is 21.0 Å². The molecule has 0 fully saturated rings. The molecule has 140 valence electrons. The fraction of sp³-hybridized carbons (Fsp3) is 0.111. The maximum Gasteiger partial charge on any atom is 0.285 e. The molecule has 9 heteroatoms.